The maximum Gasteiger partial charge on any atom is 0.271 e. The van der Waals surface area contributed by atoms with Crippen molar-refractivity contribution in [2.24, 2.45) is 0 Å². The van der Waals surface area contributed by atoms with E-state index in [1.165, 1.54) is 0 Å². The second-order valence-electron chi connectivity index (χ2n) is 7.70. The first-order valence-corrected chi connectivity index (χ1v) is 10.1. The third-order valence-corrected chi connectivity index (χ3v) is 5.42. The average Bonchev–Trinajstić information content (AvgIpc) is 3.33. The molecule has 3 aromatic rings. The van der Waals surface area contributed by atoms with Crippen LogP contribution >= 0.6 is 0 Å². The summed E-state index contributed by atoms with van der Waals surface area (Å²) < 4.78 is 3.80. The summed E-state index contributed by atoms with van der Waals surface area (Å²) in [6.45, 7) is 5.97. The number of carbonyl (C=O) groups excluding carboxylic acids is 2. The van der Waals surface area contributed by atoms with Crippen molar-refractivity contribution in [3.05, 3.63) is 71.6 Å². The van der Waals surface area contributed by atoms with E-state index in [1.807, 2.05) is 64.5 Å². The first-order chi connectivity index (χ1) is 14.5. The van der Waals surface area contributed by atoms with Gasteiger partial charge in [0.1, 0.15) is 5.69 Å². The first kappa shape index (κ1) is 19.9. The van der Waals surface area contributed by atoms with Gasteiger partial charge >= 0.3 is 0 Å². The highest BCUT2D eigenvalue weighted by Crippen LogP contribution is 2.20. The molecule has 1 aliphatic heterocycles. The number of nitrogens with zero attached hydrogens (tertiary/aromatic N) is 5. The van der Waals surface area contributed by atoms with E-state index in [0.717, 1.165) is 17.0 Å². The van der Waals surface area contributed by atoms with Crippen LogP contribution in [0.4, 0.5) is 0 Å². The number of pyridine rings is 1. The Morgan fingerprint density at radius 3 is 2.87 bits per heavy atom. The van der Waals surface area contributed by atoms with Crippen molar-refractivity contribution in [1.29, 1.82) is 0 Å². The van der Waals surface area contributed by atoms with Gasteiger partial charge in [-0.3, -0.25) is 19.3 Å². The predicted octanol–water partition coefficient (Wildman–Crippen LogP) is 1.93. The zero-order chi connectivity index (χ0) is 21.1. The molecule has 8 nitrogen and oxygen atoms in total. The Balaban J connectivity index is 1.40. The van der Waals surface area contributed by atoms with Gasteiger partial charge in [0, 0.05) is 56.9 Å². The molecule has 0 fully saturated rings. The molecule has 1 N–H and O–H groups in total. The number of aromatic nitrogens is 4. The molecular formula is C22H26N6O2. The van der Waals surface area contributed by atoms with Gasteiger partial charge in [0.25, 0.3) is 5.91 Å². The zero-order valence-corrected chi connectivity index (χ0v) is 17.3. The fourth-order valence-electron chi connectivity index (χ4n) is 3.90. The number of amides is 2. The van der Waals surface area contributed by atoms with E-state index in [9.17, 15) is 9.59 Å². The van der Waals surface area contributed by atoms with Crippen molar-refractivity contribution in [2.45, 2.75) is 45.9 Å². The minimum Gasteiger partial charge on any atom is -0.354 e. The van der Waals surface area contributed by atoms with Crippen molar-refractivity contribution in [3.63, 3.8) is 0 Å². The topological polar surface area (TPSA) is 85.0 Å². The van der Waals surface area contributed by atoms with E-state index >= 15 is 0 Å². The van der Waals surface area contributed by atoms with Crippen LogP contribution in [0.1, 0.15) is 33.9 Å². The third kappa shape index (κ3) is 4.27. The Labute approximate surface area is 175 Å². The average molecular weight is 406 g/mol. The Morgan fingerprint density at radius 2 is 2.13 bits per heavy atom. The lowest BCUT2D eigenvalue weighted by atomic mass is 10.1. The summed E-state index contributed by atoms with van der Waals surface area (Å²) in [5.41, 5.74) is 3.63. The van der Waals surface area contributed by atoms with Gasteiger partial charge in [0.05, 0.1) is 11.7 Å². The molecule has 0 spiro atoms. The van der Waals surface area contributed by atoms with Gasteiger partial charge in [0.2, 0.25) is 5.91 Å². The molecule has 0 aliphatic carbocycles. The lowest BCUT2D eigenvalue weighted by molar-refractivity contribution is -0.121. The highest BCUT2D eigenvalue weighted by atomic mass is 16.2. The molecular weight excluding hydrogens is 380 g/mol. The lowest BCUT2D eigenvalue weighted by Crippen LogP contribution is -2.52. The quantitative estimate of drug-likeness (QED) is 0.650. The van der Waals surface area contributed by atoms with Crippen LogP contribution in [0.15, 0.2) is 48.9 Å². The Kier molecular flexibility index (Phi) is 5.65. The van der Waals surface area contributed by atoms with Crippen LogP contribution in [0.3, 0.4) is 0 Å². The molecule has 1 atom stereocenters. The third-order valence-electron chi connectivity index (χ3n) is 5.42. The second-order valence-corrected chi connectivity index (χ2v) is 7.70. The number of hydrogen-bond acceptors (Lipinski definition) is 4. The monoisotopic (exact) mass is 406 g/mol. The maximum absolute atomic E-state index is 13.0. The molecule has 0 saturated carbocycles. The van der Waals surface area contributed by atoms with E-state index < -0.39 is 0 Å². The Morgan fingerprint density at radius 1 is 1.27 bits per heavy atom. The molecule has 1 unspecified atom stereocenters. The van der Waals surface area contributed by atoms with Crippen molar-refractivity contribution in [3.8, 4) is 0 Å². The molecule has 30 heavy (non-hydrogen) atoms. The van der Waals surface area contributed by atoms with Gasteiger partial charge in [-0.25, -0.2) is 0 Å². The summed E-state index contributed by atoms with van der Waals surface area (Å²) in [4.78, 5) is 31.5. The van der Waals surface area contributed by atoms with Gasteiger partial charge in [-0.1, -0.05) is 6.07 Å². The van der Waals surface area contributed by atoms with E-state index in [0.29, 0.717) is 38.3 Å². The second kappa shape index (κ2) is 8.52. The summed E-state index contributed by atoms with van der Waals surface area (Å²) in [7, 11) is 0. The number of hydrogen-bond donors (Lipinski definition) is 1. The van der Waals surface area contributed by atoms with Crippen molar-refractivity contribution >= 4 is 11.8 Å². The number of nitrogens with one attached hydrogen (secondary N) is 1. The molecule has 0 radical (unpaired) electrons. The highest BCUT2D eigenvalue weighted by molar-refractivity contribution is 5.93. The van der Waals surface area contributed by atoms with Crippen molar-refractivity contribution in [1.82, 2.24) is 29.5 Å². The van der Waals surface area contributed by atoms with Gasteiger partial charge in [-0.15, -0.1) is 0 Å². The van der Waals surface area contributed by atoms with Crippen LogP contribution in [0.2, 0.25) is 0 Å². The van der Waals surface area contributed by atoms with Gasteiger partial charge < -0.3 is 14.8 Å². The van der Waals surface area contributed by atoms with Crippen LogP contribution in [0.5, 0.6) is 0 Å². The van der Waals surface area contributed by atoms with Crippen LogP contribution in [-0.2, 0) is 24.4 Å². The number of fused-ring (bicyclic) bond motifs is 1. The summed E-state index contributed by atoms with van der Waals surface area (Å²) in [6.07, 6.45) is 5.74. The Bertz CT molecular complexity index is 1040. The molecule has 156 valence electrons. The van der Waals surface area contributed by atoms with E-state index in [-0.39, 0.29) is 17.9 Å². The molecule has 1 aliphatic rings. The first-order valence-electron chi connectivity index (χ1n) is 10.1. The minimum absolute atomic E-state index is 0.0306. The number of carbonyl (C=O) groups is 2. The fraction of sp³-hybridized carbons (Fsp3) is 0.364. The molecule has 0 bridgehead atoms. The maximum atomic E-state index is 13.0. The molecule has 2 amide bonds. The van der Waals surface area contributed by atoms with E-state index in [4.69, 9.17) is 0 Å². The largest absolute Gasteiger partial charge is 0.354 e. The Hall–Kier alpha value is -3.42. The summed E-state index contributed by atoms with van der Waals surface area (Å²) in [5.74, 6) is -0.0772. The SMILES string of the molecule is Cc1cc(C)n(CCC(=O)NCC2Cn3cccc3C(=O)N2Cc2cccnc2)n1. The summed E-state index contributed by atoms with van der Waals surface area (Å²) in [6, 6.07) is 9.40. The summed E-state index contributed by atoms with van der Waals surface area (Å²) >= 11 is 0. The normalized spacial score (nSPS) is 15.9. The fourth-order valence-corrected chi connectivity index (χ4v) is 3.90. The molecule has 8 heteroatoms. The van der Waals surface area contributed by atoms with Gasteiger partial charge in [-0.2, -0.15) is 5.10 Å². The molecule has 0 saturated heterocycles. The van der Waals surface area contributed by atoms with Crippen LogP contribution in [-0.4, -0.2) is 48.6 Å². The zero-order valence-electron chi connectivity index (χ0n) is 17.3. The van der Waals surface area contributed by atoms with Crippen LogP contribution in [0.25, 0.3) is 0 Å². The van der Waals surface area contributed by atoms with E-state index in [1.54, 1.807) is 12.4 Å². The van der Waals surface area contributed by atoms with Crippen molar-refractivity contribution in [2.75, 3.05) is 6.54 Å². The van der Waals surface area contributed by atoms with Crippen LogP contribution in [0, 0.1) is 13.8 Å². The van der Waals surface area contributed by atoms with Crippen LogP contribution < -0.4 is 5.32 Å². The van der Waals surface area contributed by atoms with E-state index in [2.05, 4.69) is 15.4 Å². The number of aryl methyl sites for hydroxylation is 3. The van der Waals surface area contributed by atoms with Crippen molar-refractivity contribution < 1.29 is 9.59 Å². The minimum atomic E-state index is -0.129. The molecule has 3 aromatic heterocycles. The van der Waals surface area contributed by atoms with Gasteiger partial charge in [-0.05, 0) is 43.7 Å². The number of rotatable bonds is 7. The van der Waals surface area contributed by atoms with Gasteiger partial charge in [0.15, 0.2) is 0 Å². The smallest absolute Gasteiger partial charge is 0.271 e. The molecule has 4 rings (SSSR count). The predicted molar refractivity (Wildman–Crippen MR) is 112 cm³/mol. The summed E-state index contributed by atoms with van der Waals surface area (Å²) in [5, 5.41) is 7.40. The highest BCUT2D eigenvalue weighted by Gasteiger charge is 2.32. The standard InChI is InChI=1S/C22H26N6O2/c1-16-11-17(2)28(25-16)10-7-21(29)24-13-19-15-26-9-4-6-20(26)22(30)27(19)14-18-5-3-8-23-12-18/h3-6,8-9,11-12,19H,7,10,13-15H2,1-2H3,(H,24,29). The molecule has 4 heterocycles. The molecule has 0 aromatic carbocycles. The lowest BCUT2D eigenvalue weighted by Gasteiger charge is -2.36.